The first-order chi connectivity index (χ1) is 11.0. The van der Waals surface area contributed by atoms with Gasteiger partial charge < -0.3 is 15.1 Å². The van der Waals surface area contributed by atoms with Crippen molar-refractivity contribution in [3.63, 3.8) is 0 Å². The molecule has 1 N–H and O–H groups in total. The van der Waals surface area contributed by atoms with Crippen LogP contribution in [0.1, 0.15) is 20.3 Å². The van der Waals surface area contributed by atoms with E-state index in [1.54, 1.807) is 4.90 Å². The number of nitrogens with one attached hydrogen (secondary N) is 1. The van der Waals surface area contributed by atoms with E-state index in [4.69, 9.17) is 0 Å². The number of benzene rings is 1. The van der Waals surface area contributed by atoms with Gasteiger partial charge in [-0.25, -0.2) is 0 Å². The predicted octanol–water partition coefficient (Wildman–Crippen LogP) is 2.01. The summed E-state index contributed by atoms with van der Waals surface area (Å²) in [6, 6.07) is 8.03. The Hall–Kier alpha value is -1.40. The Balaban J connectivity index is 1.75. The third kappa shape index (κ3) is 3.15. The van der Waals surface area contributed by atoms with E-state index in [1.807, 2.05) is 36.1 Å². The number of piperazine rings is 1. The summed E-state index contributed by atoms with van der Waals surface area (Å²) in [6.45, 7) is 6.18. The number of carbonyl (C=O) groups excluding carboxylic acids is 2. The Kier molecular flexibility index (Phi) is 4.73. The van der Waals surface area contributed by atoms with Gasteiger partial charge in [0, 0.05) is 41.9 Å². The molecule has 0 spiro atoms. The first-order valence-corrected chi connectivity index (χ1v) is 8.89. The maximum atomic E-state index is 12.9. The van der Waals surface area contributed by atoms with Crippen LogP contribution in [0.25, 0.3) is 0 Å². The third-order valence-electron chi connectivity index (χ3n) is 4.94. The molecule has 2 fully saturated rings. The van der Waals surface area contributed by atoms with Crippen LogP contribution in [-0.2, 0) is 9.59 Å². The summed E-state index contributed by atoms with van der Waals surface area (Å²) in [6.07, 6.45) is 0.592. The number of anilines is 1. The van der Waals surface area contributed by atoms with Gasteiger partial charge in [-0.2, -0.15) is 0 Å². The Morgan fingerprint density at radius 2 is 2.09 bits per heavy atom. The summed E-state index contributed by atoms with van der Waals surface area (Å²) in [7, 11) is 0. The number of carbonyl (C=O) groups is 2. The lowest BCUT2D eigenvalue weighted by molar-refractivity contribution is -0.142. The first kappa shape index (κ1) is 16.5. The summed E-state index contributed by atoms with van der Waals surface area (Å²) in [5.74, 6) is -0.637. The van der Waals surface area contributed by atoms with Crippen molar-refractivity contribution in [3.8, 4) is 0 Å². The minimum atomic E-state index is -0.540. The van der Waals surface area contributed by atoms with Crippen molar-refractivity contribution in [2.24, 2.45) is 5.92 Å². The van der Waals surface area contributed by atoms with Crippen LogP contribution in [0.15, 0.2) is 28.7 Å². The van der Waals surface area contributed by atoms with E-state index in [1.165, 1.54) is 0 Å². The van der Waals surface area contributed by atoms with Gasteiger partial charge in [0.25, 0.3) is 0 Å². The van der Waals surface area contributed by atoms with Gasteiger partial charge in [-0.15, -0.1) is 0 Å². The average Bonchev–Trinajstić information content (AvgIpc) is 2.91. The number of hydrogen-bond acceptors (Lipinski definition) is 3. The Morgan fingerprint density at radius 3 is 2.83 bits per heavy atom. The van der Waals surface area contributed by atoms with Crippen molar-refractivity contribution in [2.75, 3.05) is 24.5 Å². The standard InChI is InChI=1S/C17H22BrN3O2/c1-11-12(2)20(9-7-19-11)16(22)15-6-8-21(17(15)23)14-5-3-4-13(18)10-14/h3-5,10-12,15,19H,6-9H2,1-2H3. The molecule has 0 aromatic heterocycles. The van der Waals surface area contributed by atoms with E-state index in [2.05, 4.69) is 28.2 Å². The van der Waals surface area contributed by atoms with Crippen molar-refractivity contribution in [1.29, 1.82) is 0 Å². The molecule has 0 saturated carbocycles. The van der Waals surface area contributed by atoms with Crippen LogP contribution in [0.3, 0.4) is 0 Å². The smallest absolute Gasteiger partial charge is 0.239 e. The van der Waals surface area contributed by atoms with Crippen molar-refractivity contribution >= 4 is 33.4 Å². The second-order valence-electron chi connectivity index (χ2n) is 6.33. The summed E-state index contributed by atoms with van der Waals surface area (Å²) >= 11 is 3.43. The number of rotatable bonds is 2. The number of nitrogens with zero attached hydrogens (tertiary/aromatic N) is 2. The van der Waals surface area contributed by atoms with Crippen LogP contribution in [0.2, 0.25) is 0 Å². The van der Waals surface area contributed by atoms with Crippen LogP contribution in [0, 0.1) is 5.92 Å². The molecule has 3 unspecified atom stereocenters. The van der Waals surface area contributed by atoms with Crippen molar-refractivity contribution in [1.82, 2.24) is 10.2 Å². The quantitative estimate of drug-likeness (QED) is 0.799. The molecule has 1 aromatic rings. The van der Waals surface area contributed by atoms with Crippen LogP contribution < -0.4 is 10.2 Å². The predicted molar refractivity (Wildman–Crippen MR) is 93.2 cm³/mol. The van der Waals surface area contributed by atoms with Crippen molar-refractivity contribution in [3.05, 3.63) is 28.7 Å². The van der Waals surface area contributed by atoms with E-state index in [-0.39, 0.29) is 23.9 Å². The van der Waals surface area contributed by atoms with Gasteiger partial charge in [0.05, 0.1) is 0 Å². The number of amides is 2. The fourth-order valence-corrected chi connectivity index (χ4v) is 3.76. The summed E-state index contributed by atoms with van der Waals surface area (Å²) < 4.78 is 0.933. The second kappa shape index (κ2) is 6.61. The molecule has 6 heteroatoms. The normalized spacial score (nSPS) is 28.3. The minimum absolute atomic E-state index is 0.0200. The molecule has 0 bridgehead atoms. The molecule has 2 amide bonds. The minimum Gasteiger partial charge on any atom is -0.336 e. The van der Waals surface area contributed by atoms with Crippen LogP contribution in [0.4, 0.5) is 5.69 Å². The van der Waals surface area contributed by atoms with Gasteiger partial charge in [0.2, 0.25) is 11.8 Å². The molecule has 124 valence electrons. The zero-order valence-corrected chi connectivity index (χ0v) is 15.0. The Labute approximate surface area is 145 Å². The van der Waals surface area contributed by atoms with E-state index < -0.39 is 5.92 Å². The Morgan fingerprint density at radius 1 is 1.30 bits per heavy atom. The van der Waals surface area contributed by atoms with E-state index in [9.17, 15) is 9.59 Å². The first-order valence-electron chi connectivity index (χ1n) is 8.10. The largest absolute Gasteiger partial charge is 0.336 e. The lowest BCUT2D eigenvalue weighted by Gasteiger charge is -2.39. The zero-order valence-electron chi connectivity index (χ0n) is 13.5. The van der Waals surface area contributed by atoms with Gasteiger partial charge in [0.15, 0.2) is 0 Å². The molecule has 2 heterocycles. The van der Waals surface area contributed by atoms with Gasteiger partial charge >= 0.3 is 0 Å². The highest BCUT2D eigenvalue weighted by Gasteiger charge is 2.41. The lowest BCUT2D eigenvalue weighted by Crippen LogP contribution is -2.58. The van der Waals surface area contributed by atoms with E-state index >= 15 is 0 Å². The maximum Gasteiger partial charge on any atom is 0.239 e. The molecular formula is C17H22BrN3O2. The fraction of sp³-hybridized carbons (Fsp3) is 0.529. The third-order valence-corrected chi connectivity index (χ3v) is 5.43. The molecule has 0 aliphatic carbocycles. The molecule has 3 rings (SSSR count). The van der Waals surface area contributed by atoms with Crippen LogP contribution in [0.5, 0.6) is 0 Å². The summed E-state index contributed by atoms with van der Waals surface area (Å²) in [5, 5.41) is 3.36. The number of hydrogen-bond donors (Lipinski definition) is 1. The van der Waals surface area contributed by atoms with Gasteiger partial charge in [-0.1, -0.05) is 22.0 Å². The number of halogens is 1. The monoisotopic (exact) mass is 379 g/mol. The highest BCUT2D eigenvalue weighted by Crippen LogP contribution is 2.29. The summed E-state index contributed by atoms with van der Waals surface area (Å²) in [5.41, 5.74) is 0.849. The van der Waals surface area contributed by atoms with Gasteiger partial charge in [0.1, 0.15) is 5.92 Å². The lowest BCUT2D eigenvalue weighted by atomic mass is 10.0. The molecule has 2 aliphatic rings. The van der Waals surface area contributed by atoms with E-state index in [0.717, 1.165) is 16.7 Å². The SMILES string of the molecule is CC1NCCN(C(=O)C2CCN(c3cccc(Br)c3)C2=O)C1C. The highest BCUT2D eigenvalue weighted by atomic mass is 79.9. The second-order valence-corrected chi connectivity index (χ2v) is 7.24. The molecule has 2 saturated heterocycles. The summed E-state index contributed by atoms with van der Waals surface area (Å²) in [4.78, 5) is 29.2. The van der Waals surface area contributed by atoms with Crippen LogP contribution in [-0.4, -0.2) is 48.4 Å². The topological polar surface area (TPSA) is 52.7 Å². The van der Waals surface area contributed by atoms with Gasteiger partial charge in [-0.3, -0.25) is 9.59 Å². The molecule has 23 heavy (non-hydrogen) atoms. The maximum absolute atomic E-state index is 12.9. The molecular weight excluding hydrogens is 358 g/mol. The van der Waals surface area contributed by atoms with Crippen molar-refractivity contribution < 1.29 is 9.59 Å². The fourth-order valence-electron chi connectivity index (χ4n) is 3.38. The molecule has 0 radical (unpaired) electrons. The van der Waals surface area contributed by atoms with Crippen molar-refractivity contribution in [2.45, 2.75) is 32.4 Å². The highest BCUT2D eigenvalue weighted by molar-refractivity contribution is 9.10. The average molecular weight is 380 g/mol. The molecule has 5 nitrogen and oxygen atoms in total. The van der Waals surface area contributed by atoms with Gasteiger partial charge in [-0.05, 0) is 38.5 Å². The molecule has 3 atom stereocenters. The Bertz CT molecular complexity index is 622. The zero-order chi connectivity index (χ0) is 16.6. The molecule has 2 aliphatic heterocycles. The molecule has 1 aromatic carbocycles. The van der Waals surface area contributed by atoms with E-state index in [0.29, 0.717) is 19.5 Å². The van der Waals surface area contributed by atoms with Crippen LogP contribution >= 0.6 is 15.9 Å².